The Kier molecular flexibility index (Phi) is 1.25. The van der Waals surface area contributed by atoms with Crippen molar-refractivity contribution >= 4 is 0 Å². The predicted molar refractivity (Wildman–Crippen MR) is 46.9 cm³/mol. The molecular formula is C10H12N2. The quantitative estimate of drug-likeness (QED) is 0.519. The van der Waals surface area contributed by atoms with Crippen molar-refractivity contribution in [2.24, 2.45) is 22.1 Å². The highest BCUT2D eigenvalue weighted by atomic mass is 15.2. The molecule has 0 amide bonds. The fourth-order valence-electron chi connectivity index (χ4n) is 2.49. The summed E-state index contributed by atoms with van der Waals surface area (Å²) in [6.07, 6.45) is 9.21. The van der Waals surface area contributed by atoms with Gasteiger partial charge in [-0.25, -0.2) is 0 Å². The molecule has 1 heterocycles. The SMILES string of the molecule is C1=CC2CC3CN=NC3CC2=C1. The molecule has 0 radical (unpaired) electrons. The zero-order chi connectivity index (χ0) is 7.97. The lowest BCUT2D eigenvalue weighted by Gasteiger charge is -2.28. The zero-order valence-corrected chi connectivity index (χ0v) is 6.98. The maximum Gasteiger partial charge on any atom is 0.0792 e. The minimum atomic E-state index is 0.521. The van der Waals surface area contributed by atoms with Gasteiger partial charge in [0.1, 0.15) is 0 Å². The van der Waals surface area contributed by atoms with Gasteiger partial charge in [-0.2, -0.15) is 10.2 Å². The standard InChI is InChI=1S/C10H12N2/c1-2-7-4-9-6-11-12-10(9)5-8(7)3-1/h1-3,7,9-10H,4-6H2. The van der Waals surface area contributed by atoms with Crippen LogP contribution in [0.1, 0.15) is 12.8 Å². The van der Waals surface area contributed by atoms with Gasteiger partial charge in [0.25, 0.3) is 0 Å². The molecule has 1 aliphatic heterocycles. The molecule has 2 aliphatic carbocycles. The molecule has 12 heavy (non-hydrogen) atoms. The van der Waals surface area contributed by atoms with E-state index in [-0.39, 0.29) is 0 Å². The first-order valence-electron chi connectivity index (χ1n) is 4.67. The molecule has 1 saturated carbocycles. The second-order valence-electron chi connectivity index (χ2n) is 3.94. The van der Waals surface area contributed by atoms with Gasteiger partial charge in [-0.15, -0.1) is 0 Å². The Labute approximate surface area is 72.1 Å². The molecule has 62 valence electrons. The first-order valence-corrected chi connectivity index (χ1v) is 4.67. The summed E-state index contributed by atoms with van der Waals surface area (Å²) in [5.41, 5.74) is 1.58. The van der Waals surface area contributed by atoms with Gasteiger partial charge in [0, 0.05) is 5.92 Å². The molecule has 1 fully saturated rings. The van der Waals surface area contributed by atoms with Crippen LogP contribution in [0.2, 0.25) is 0 Å². The molecule has 2 heteroatoms. The van der Waals surface area contributed by atoms with Crippen LogP contribution in [0.15, 0.2) is 34.0 Å². The monoisotopic (exact) mass is 160 g/mol. The van der Waals surface area contributed by atoms with E-state index in [1.165, 1.54) is 6.42 Å². The van der Waals surface area contributed by atoms with Crippen LogP contribution in [0.5, 0.6) is 0 Å². The van der Waals surface area contributed by atoms with E-state index in [9.17, 15) is 0 Å². The van der Waals surface area contributed by atoms with Gasteiger partial charge >= 0.3 is 0 Å². The number of fused-ring (bicyclic) bond motifs is 2. The Morgan fingerprint density at radius 3 is 3.42 bits per heavy atom. The molecule has 3 aliphatic rings. The minimum Gasteiger partial charge on any atom is -0.194 e. The molecule has 0 saturated heterocycles. The van der Waals surface area contributed by atoms with E-state index in [4.69, 9.17) is 0 Å². The summed E-state index contributed by atoms with van der Waals surface area (Å²) in [4.78, 5) is 0. The van der Waals surface area contributed by atoms with E-state index >= 15 is 0 Å². The summed E-state index contributed by atoms with van der Waals surface area (Å²) in [5, 5.41) is 8.40. The van der Waals surface area contributed by atoms with Crippen LogP contribution in [-0.4, -0.2) is 12.6 Å². The number of hydrogen-bond donors (Lipinski definition) is 0. The lowest BCUT2D eigenvalue weighted by atomic mass is 9.77. The van der Waals surface area contributed by atoms with Crippen molar-refractivity contribution in [3.8, 4) is 0 Å². The Balaban J connectivity index is 1.88. The van der Waals surface area contributed by atoms with E-state index in [2.05, 4.69) is 28.5 Å². The van der Waals surface area contributed by atoms with Gasteiger partial charge in [-0.05, 0) is 18.8 Å². The molecule has 0 aromatic heterocycles. The zero-order valence-electron chi connectivity index (χ0n) is 6.98. The fourth-order valence-corrected chi connectivity index (χ4v) is 2.49. The van der Waals surface area contributed by atoms with Gasteiger partial charge in [-0.1, -0.05) is 23.8 Å². The third-order valence-corrected chi connectivity index (χ3v) is 3.22. The highest BCUT2D eigenvalue weighted by Crippen LogP contribution is 2.40. The topological polar surface area (TPSA) is 24.7 Å². The Hall–Kier alpha value is -0.920. The number of allylic oxidation sites excluding steroid dienone is 3. The molecule has 0 aromatic rings. The molecule has 3 unspecified atom stereocenters. The molecule has 0 N–H and O–H groups in total. The minimum absolute atomic E-state index is 0.521. The lowest BCUT2D eigenvalue weighted by molar-refractivity contribution is 0.362. The van der Waals surface area contributed by atoms with E-state index < -0.39 is 0 Å². The fraction of sp³-hybridized carbons (Fsp3) is 0.600. The van der Waals surface area contributed by atoms with Crippen LogP contribution < -0.4 is 0 Å². The first-order chi connectivity index (χ1) is 5.93. The lowest BCUT2D eigenvalue weighted by Crippen LogP contribution is -2.26. The Morgan fingerprint density at radius 1 is 1.42 bits per heavy atom. The van der Waals surface area contributed by atoms with E-state index in [0.717, 1.165) is 24.8 Å². The maximum absolute atomic E-state index is 4.27. The third kappa shape index (κ3) is 0.808. The van der Waals surface area contributed by atoms with E-state index in [1.807, 2.05) is 0 Å². The van der Waals surface area contributed by atoms with Gasteiger partial charge < -0.3 is 0 Å². The summed E-state index contributed by atoms with van der Waals surface area (Å²) in [7, 11) is 0. The summed E-state index contributed by atoms with van der Waals surface area (Å²) in [6, 6.07) is 0.521. The van der Waals surface area contributed by atoms with Crippen LogP contribution in [0.3, 0.4) is 0 Å². The average Bonchev–Trinajstić information content (AvgIpc) is 2.64. The molecular weight excluding hydrogens is 148 g/mol. The van der Waals surface area contributed by atoms with Crippen molar-refractivity contribution in [1.29, 1.82) is 0 Å². The van der Waals surface area contributed by atoms with Gasteiger partial charge in [0.2, 0.25) is 0 Å². The van der Waals surface area contributed by atoms with Crippen LogP contribution in [0.4, 0.5) is 0 Å². The first kappa shape index (κ1) is 6.58. The van der Waals surface area contributed by atoms with E-state index in [0.29, 0.717) is 6.04 Å². The highest BCUT2D eigenvalue weighted by molar-refractivity contribution is 5.30. The Morgan fingerprint density at radius 2 is 2.42 bits per heavy atom. The Bertz CT molecular complexity index is 288. The predicted octanol–water partition coefficient (Wildman–Crippen LogP) is 2.34. The summed E-state index contributed by atoms with van der Waals surface area (Å²) < 4.78 is 0. The van der Waals surface area contributed by atoms with Crippen molar-refractivity contribution in [3.63, 3.8) is 0 Å². The molecule has 3 atom stereocenters. The van der Waals surface area contributed by atoms with Gasteiger partial charge in [-0.3, -0.25) is 0 Å². The van der Waals surface area contributed by atoms with Crippen molar-refractivity contribution < 1.29 is 0 Å². The number of nitrogens with zero attached hydrogens (tertiary/aromatic N) is 2. The smallest absolute Gasteiger partial charge is 0.0792 e. The summed E-state index contributed by atoms with van der Waals surface area (Å²) in [6.45, 7) is 0.974. The largest absolute Gasteiger partial charge is 0.194 e. The number of hydrogen-bond acceptors (Lipinski definition) is 2. The molecule has 0 spiro atoms. The number of rotatable bonds is 0. The van der Waals surface area contributed by atoms with Crippen molar-refractivity contribution in [1.82, 2.24) is 0 Å². The highest BCUT2D eigenvalue weighted by Gasteiger charge is 2.35. The van der Waals surface area contributed by atoms with Crippen molar-refractivity contribution in [3.05, 3.63) is 23.8 Å². The third-order valence-electron chi connectivity index (χ3n) is 3.22. The van der Waals surface area contributed by atoms with Crippen molar-refractivity contribution in [2.75, 3.05) is 6.54 Å². The van der Waals surface area contributed by atoms with Crippen LogP contribution in [0, 0.1) is 11.8 Å². The molecule has 2 nitrogen and oxygen atoms in total. The second-order valence-corrected chi connectivity index (χ2v) is 3.94. The van der Waals surface area contributed by atoms with Crippen LogP contribution >= 0.6 is 0 Å². The van der Waals surface area contributed by atoms with Gasteiger partial charge in [0.15, 0.2) is 0 Å². The molecule has 0 bridgehead atoms. The van der Waals surface area contributed by atoms with Crippen LogP contribution in [-0.2, 0) is 0 Å². The van der Waals surface area contributed by atoms with E-state index in [1.54, 1.807) is 5.57 Å². The molecule has 0 aromatic carbocycles. The molecule has 3 rings (SSSR count). The normalized spacial score (nSPS) is 42.7. The van der Waals surface area contributed by atoms with Gasteiger partial charge in [0.05, 0.1) is 12.6 Å². The van der Waals surface area contributed by atoms with Crippen molar-refractivity contribution in [2.45, 2.75) is 18.9 Å². The summed E-state index contributed by atoms with van der Waals surface area (Å²) in [5.74, 6) is 1.48. The second kappa shape index (κ2) is 2.28. The van der Waals surface area contributed by atoms with Crippen LogP contribution in [0.25, 0.3) is 0 Å². The maximum atomic E-state index is 4.27. The summed E-state index contributed by atoms with van der Waals surface area (Å²) >= 11 is 0. The average molecular weight is 160 g/mol. The number of azo groups is 1.